The van der Waals surface area contributed by atoms with Crippen molar-refractivity contribution in [3.63, 3.8) is 0 Å². The third kappa shape index (κ3) is 7.53. The fraction of sp³-hybridized carbons (Fsp3) is 0.417. The molecule has 194 valence electrons. The van der Waals surface area contributed by atoms with Gasteiger partial charge < -0.3 is 5.32 Å². The van der Waals surface area contributed by atoms with E-state index in [2.05, 4.69) is 10.6 Å². The number of rotatable bonds is 9. The Morgan fingerprint density at radius 2 is 1.58 bits per heavy atom. The fourth-order valence-electron chi connectivity index (χ4n) is 3.64. The summed E-state index contributed by atoms with van der Waals surface area (Å²) in [4.78, 5) is 13.0. The number of carbonyl (C=O) groups is 1. The van der Waals surface area contributed by atoms with Gasteiger partial charge in [-0.3, -0.25) is 10.1 Å². The second-order valence-corrected chi connectivity index (χ2v) is 13.5. The lowest BCUT2D eigenvalue weighted by Crippen LogP contribution is -2.52. The van der Waals surface area contributed by atoms with Crippen LogP contribution in [0.2, 0.25) is 0 Å². The van der Waals surface area contributed by atoms with Crippen molar-refractivity contribution in [2.75, 3.05) is 6.26 Å². The van der Waals surface area contributed by atoms with Crippen molar-refractivity contribution in [2.24, 2.45) is 0 Å². The average molecular weight is 579 g/mol. The molecule has 1 aliphatic carbocycles. The Balaban J connectivity index is 1.86. The highest BCUT2D eigenvalue weighted by molar-refractivity contribution is 7.90. The second kappa shape index (κ2) is 10.4. The minimum Gasteiger partial charge on any atom is -0.336 e. The predicted octanol–water partition coefficient (Wildman–Crippen LogP) is 5.34. The van der Waals surface area contributed by atoms with Gasteiger partial charge in [0, 0.05) is 12.7 Å². The van der Waals surface area contributed by atoms with Gasteiger partial charge in [-0.2, -0.15) is 5.26 Å². The van der Waals surface area contributed by atoms with Crippen LogP contribution in [-0.2, 0) is 14.6 Å². The van der Waals surface area contributed by atoms with Crippen LogP contribution in [0.25, 0.3) is 11.1 Å². The lowest BCUT2D eigenvalue weighted by molar-refractivity contribution is -0.126. The summed E-state index contributed by atoms with van der Waals surface area (Å²) in [6.07, 6.45) is 1.12. The van der Waals surface area contributed by atoms with E-state index in [-0.39, 0.29) is 4.90 Å². The van der Waals surface area contributed by atoms with Crippen LogP contribution in [0.1, 0.15) is 37.8 Å². The first kappa shape index (κ1) is 28.6. The summed E-state index contributed by atoms with van der Waals surface area (Å²) >= 11 is 18.5. The van der Waals surface area contributed by atoms with Crippen LogP contribution in [0.5, 0.6) is 0 Å². The molecule has 1 amide bonds. The van der Waals surface area contributed by atoms with Crippen molar-refractivity contribution < 1.29 is 22.0 Å². The van der Waals surface area contributed by atoms with E-state index in [9.17, 15) is 27.3 Å². The number of nitrogens with one attached hydrogen (secondary N) is 2. The summed E-state index contributed by atoms with van der Waals surface area (Å²) < 4.78 is 49.2. The van der Waals surface area contributed by atoms with Crippen LogP contribution in [0, 0.1) is 11.3 Å². The molecular formula is C24H24Cl3F2N3O3S. The van der Waals surface area contributed by atoms with Crippen LogP contribution < -0.4 is 10.6 Å². The molecule has 0 bridgehead atoms. The van der Waals surface area contributed by atoms with Gasteiger partial charge in [-0.25, -0.2) is 17.2 Å². The highest BCUT2D eigenvalue weighted by Crippen LogP contribution is 2.41. The first-order valence-corrected chi connectivity index (χ1v) is 13.9. The fourth-order valence-corrected chi connectivity index (χ4v) is 4.84. The number of nitrogens with zero attached hydrogens (tertiary/aromatic N) is 1. The second-order valence-electron chi connectivity index (χ2n) is 9.07. The Morgan fingerprint density at radius 3 is 1.97 bits per heavy atom. The Labute approximate surface area is 223 Å². The summed E-state index contributed by atoms with van der Waals surface area (Å²) in [6, 6.07) is 12.3. The van der Waals surface area contributed by atoms with Gasteiger partial charge in [0.2, 0.25) is 15.6 Å². The Hall–Kier alpha value is -1.96. The zero-order valence-corrected chi connectivity index (χ0v) is 22.4. The molecule has 0 radical (unpaired) electrons. The Bertz CT molecular complexity index is 1250. The first-order chi connectivity index (χ1) is 16.5. The number of carbonyl (C=O) groups excluding carboxylic acids is 1. The van der Waals surface area contributed by atoms with Crippen LogP contribution in [-0.4, -0.2) is 41.9 Å². The van der Waals surface area contributed by atoms with Crippen molar-refractivity contribution in [3.8, 4) is 17.2 Å². The van der Waals surface area contributed by atoms with Crippen LogP contribution in [0.4, 0.5) is 8.78 Å². The summed E-state index contributed by atoms with van der Waals surface area (Å²) in [5, 5.41) is 14.5. The molecule has 0 aromatic heterocycles. The molecular weight excluding hydrogens is 555 g/mol. The van der Waals surface area contributed by atoms with Crippen molar-refractivity contribution in [1.29, 1.82) is 5.26 Å². The molecule has 2 atom stereocenters. The third-order valence-electron chi connectivity index (χ3n) is 5.76. The smallest absolute Gasteiger partial charge is 0.247 e. The SMILES string of the molecule is CC(F)(F)C[C@H](N[C@@H](c1ccc(-c2ccc(S(C)(=O)=O)cc2)cc1)C(Cl)(Cl)Cl)C(=O)NC1(C#N)CC1. The molecule has 1 saturated carbocycles. The van der Waals surface area contributed by atoms with E-state index in [1.165, 1.54) is 12.1 Å². The number of hydrogen-bond acceptors (Lipinski definition) is 5. The maximum absolute atomic E-state index is 13.9. The van der Waals surface area contributed by atoms with Crippen molar-refractivity contribution in [3.05, 3.63) is 54.1 Å². The van der Waals surface area contributed by atoms with Gasteiger partial charge in [0.15, 0.2) is 9.84 Å². The lowest BCUT2D eigenvalue weighted by Gasteiger charge is -2.32. The summed E-state index contributed by atoms with van der Waals surface area (Å²) in [5.41, 5.74) is 0.844. The van der Waals surface area contributed by atoms with E-state index in [4.69, 9.17) is 34.8 Å². The number of amides is 1. The topological polar surface area (TPSA) is 99.1 Å². The molecule has 2 aromatic rings. The van der Waals surface area contributed by atoms with E-state index in [1.54, 1.807) is 36.4 Å². The molecule has 3 rings (SSSR count). The van der Waals surface area contributed by atoms with Gasteiger partial charge in [0.05, 0.1) is 23.0 Å². The van der Waals surface area contributed by atoms with Gasteiger partial charge in [0.25, 0.3) is 0 Å². The largest absolute Gasteiger partial charge is 0.336 e. The van der Waals surface area contributed by atoms with Gasteiger partial charge in [-0.1, -0.05) is 71.2 Å². The number of halogens is 5. The van der Waals surface area contributed by atoms with Gasteiger partial charge >= 0.3 is 0 Å². The lowest BCUT2D eigenvalue weighted by atomic mass is 9.99. The van der Waals surface area contributed by atoms with Crippen molar-refractivity contribution in [1.82, 2.24) is 10.6 Å². The molecule has 2 aromatic carbocycles. The van der Waals surface area contributed by atoms with Crippen LogP contribution in [0.15, 0.2) is 53.4 Å². The number of nitriles is 1. The number of benzene rings is 2. The minimum atomic E-state index is -3.33. The number of hydrogen-bond donors (Lipinski definition) is 2. The zero-order valence-electron chi connectivity index (χ0n) is 19.4. The quantitative estimate of drug-likeness (QED) is 0.391. The molecule has 6 nitrogen and oxygen atoms in total. The summed E-state index contributed by atoms with van der Waals surface area (Å²) in [6.45, 7) is 0.681. The van der Waals surface area contributed by atoms with Gasteiger partial charge in [-0.15, -0.1) is 0 Å². The highest BCUT2D eigenvalue weighted by Gasteiger charge is 2.47. The monoisotopic (exact) mass is 577 g/mol. The van der Waals surface area contributed by atoms with Crippen LogP contribution in [0.3, 0.4) is 0 Å². The summed E-state index contributed by atoms with van der Waals surface area (Å²) in [7, 11) is -3.33. The van der Waals surface area contributed by atoms with E-state index >= 15 is 0 Å². The van der Waals surface area contributed by atoms with E-state index in [0.29, 0.717) is 25.3 Å². The van der Waals surface area contributed by atoms with E-state index in [1.807, 2.05) is 6.07 Å². The minimum absolute atomic E-state index is 0.185. The normalized spacial score (nSPS) is 17.1. The standard InChI is InChI=1S/C24H24Cl3F2N3O3S/c1-22(28,29)13-19(21(33)32-23(14-30)11-12-23)31-20(24(25,26)27)17-5-3-15(4-6-17)16-7-9-18(10-8-16)36(2,34)35/h3-10,19-20,31H,11-13H2,1-2H3,(H,32,33)/t19-,20-/m0/s1. The van der Waals surface area contributed by atoms with Gasteiger partial charge in [-0.05, 0) is 48.6 Å². The Morgan fingerprint density at radius 1 is 1.08 bits per heavy atom. The summed E-state index contributed by atoms with van der Waals surface area (Å²) in [5.74, 6) is -3.99. The van der Waals surface area contributed by atoms with E-state index < -0.39 is 49.5 Å². The number of sulfone groups is 1. The molecule has 0 unspecified atom stereocenters. The van der Waals surface area contributed by atoms with Crippen LogP contribution >= 0.6 is 34.8 Å². The molecule has 1 aliphatic rings. The van der Waals surface area contributed by atoms with Gasteiger partial charge in [0.1, 0.15) is 5.54 Å². The van der Waals surface area contributed by atoms with Crippen molar-refractivity contribution >= 4 is 50.5 Å². The van der Waals surface area contributed by atoms with E-state index in [0.717, 1.165) is 17.4 Å². The maximum atomic E-state index is 13.9. The molecule has 0 aliphatic heterocycles. The first-order valence-electron chi connectivity index (χ1n) is 10.9. The molecule has 12 heteroatoms. The molecule has 2 N–H and O–H groups in total. The number of alkyl halides is 5. The Kier molecular flexibility index (Phi) is 8.28. The molecule has 0 spiro atoms. The predicted molar refractivity (Wildman–Crippen MR) is 136 cm³/mol. The highest BCUT2D eigenvalue weighted by atomic mass is 35.6. The average Bonchev–Trinajstić information content (AvgIpc) is 3.54. The molecule has 1 fully saturated rings. The maximum Gasteiger partial charge on any atom is 0.247 e. The third-order valence-corrected chi connectivity index (χ3v) is 7.54. The zero-order chi connectivity index (χ0) is 26.9. The molecule has 36 heavy (non-hydrogen) atoms. The van der Waals surface area contributed by atoms with Crippen molar-refractivity contribution in [2.45, 2.75) is 58.4 Å². The molecule has 0 saturated heterocycles. The molecule has 0 heterocycles.